The number of amides is 1. The molecule has 0 fully saturated rings. The molecule has 1 rings (SSSR count). The standard InChI is InChI=1S/C15H18FNO2S/c1-11(10-20-2)17-15(19)14-7-6-13(16)9-12(14)5-3-4-8-18/h6-7,9,11,18H,4,8,10H2,1-2H3,(H,17,19). The molecule has 0 saturated heterocycles. The lowest BCUT2D eigenvalue weighted by atomic mass is 10.1. The van der Waals surface area contributed by atoms with Gasteiger partial charge >= 0.3 is 0 Å². The third-order valence-electron chi connectivity index (χ3n) is 2.48. The Morgan fingerprint density at radius 2 is 2.30 bits per heavy atom. The van der Waals surface area contributed by atoms with Crippen LogP contribution in [0.2, 0.25) is 0 Å². The Morgan fingerprint density at radius 3 is 2.95 bits per heavy atom. The van der Waals surface area contributed by atoms with Crippen LogP contribution in [0.5, 0.6) is 0 Å². The molecule has 0 bridgehead atoms. The maximum atomic E-state index is 13.3. The van der Waals surface area contributed by atoms with E-state index < -0.39 is 5.82 Å². The van der Waals surface area contributed by atoms with E-state index in [4.69, 9.17) is 5.11 Å². The number of carbonyl (C=O) groups is 1. The molecule has 0 aliphatic heterocycles. The van der Waals surface area contributed by atoms with Crippen molar-refractivity contribution in [2.45, 2.75) is 19.4 Å². The van der Waals surface area contributed by atoms with Crippen molar-refractivity contribution in [3.63, 3.8) is 0 Å². The van der Waals surface area contributed by atoms with Gasteiger partial charge in [0.25, 0.3) is 5.91 Å². The molecule has 3 nitrogen and oxygen atoms in total. The fourth-order valence-electron chi connectivity index (χ4n) is 1.62. The molecule has 0 spiro atoms. The Bertz CT molecular complexity index is 522. The molecule has 5 heteroatoms. The lowest BCUT2D eigenvalue weighted by Crippen LogP contribution is -2.34. The Labute approximate surface area is 123 Å². The van der Waals surface area contributed by atoms with Crippen LogP contribution >= 0.6 is 11.8 Å². The highest BCUT2D eigenvalue weighted by Gasteiger charge is 2.13. The van der Waals surface area contributed by atoms with Crippen LogP contribution in [0.15, 0.2) is 18.2 Å². The fourth-order valence-corrected chi connectivity index (χ4v) is 2.21. The number of rotatable bonds is 5. The molecule has 1 aromatic rings. The van der Waals surface area contributed by atoms with E-state index in [-0.39, 0.29) is 18.6 Å². The number of hydrogen-bond acceptors (Lipinski definition) is 3. The SMILES string of the molecule is CSCC(C)NC(=O)c1ccc(F)cc1C#CCCO. The summed E-state index contributed by atoms with van der Waals surface area (Å²) in [6, 6.07) is 3.93. The zero-order chi connectivity index (χ0) is 15.0. The quantitative estimate of drug-likeness (QED) is 0.817. The van der Waals surface area contributed by atoms with Gasteiger partial charge in [0.15, 0.2) is 0 Å². The first kappa shape index (κ1) is 16.5. The number of aliphatic hydroxyl groups excluding tert-OH is 1. The average molecular weight is 295 g/mol. The van der Waals surface area contributed by atoms with E-state index in [2.05, 4.69) is 17.2 Å². The van der Waals surface area contributed by atoms with Crippen molar-refractivity contribution in [3.05, 3.63) is 35.1 Å². The first-order chi connectivity index (χ1) is 9.58. The molecule has 0 radical (unpaired) electrons. The number of hydrogen-bond donors (Lipinski definition) is 2. The molecule has 0 aliphatic rings. The molecule has 0 saturated carbocycles. The highest BCUT2D eigenvalue weighted by molar-refractivity contribution is 7.98. The van der Waals surface area contributed by atoms with Crippen molar-refractivity contribution >= 4 is 17.7 Å². The molecular formula is C15H18FNO2S. The smallest absolute Gasteiger partial charge is 0.252 e. The van der Waals surface area contributed by atoms with Crippen LogP contribution in [-0.4, -0.2) is 35.7 Å². The normalized spacial score (nSPS) is 11.4. The Hall–Kier alpha value is -1.51. The van der Waals surface area contributed by atoms with Crippen molar-refractivity contribution in [2.24, 2.45) is 0 Å². The van der Waals surface area contributed by atoms with Gasteiger partial charge in [-0.3, -0.25) is 4.79 Å². The molecule has 1 atom stereocenters. The fraction of sp³-hybridized carbons (Fsp3) is 0.400. The second-order valence-corrected chi connectivity index (χ2v) is 5.21. The summed E-state index contributed by atoms with van der Waals surface area (Å²) in [7, 11) is 0. The summed E-state index contributed by atoms with van der Waals surface area (Å²) >= 11 is 1.64. The molecule has 1 aromatic carbocycles. The summed E-state index contributed by atoms with van der Waals surface area (Å²) in [5.74, 6) is 5.53. The molecule has 1 amide bonds. The van der Waals surface area contributed by atoms with Gasteiger partial charge in [-0.25, -0.2) is 4.39 Å². The predicted octanol–water partition coefficient (Wildman–Crippen LogP) is 2.04. The number of thioether (sulfide) groups is 1. The van der Waals surface area contributed by atoms with Crippen LogP contribution in [0, 0.1) is 17.7 Å². The maximum Gasteiger partial charge on any atom is 0.252 e. The first-order valence-corrected chi connectivity index (χ1v) is 7.67. The summed E-state index contributed by atoms with van der Waals surface area (Å²) in [5, 5.41) is 11.5. The maximum absolute atomic E-state index is 13.3. The zero-order valence-electron chi connectivity index (χ0n) is 11.6. The lowest BCUT2D eigenvalue weighted by molar-refractivity contribution is 0.0943. The van der Waals surface area contributed by atoms with E-state index in [1.165, 1.54) is 18.2 Å². The summed E-state index contributed by atoms with van der Waals surface area (Å²) in [6.07, 6.45) is 2.26. The van der Waals surface area contributed by atoms with Gasteiger partial charge in [-0.05, 0) is 31.4 Å². The molecule has 1 unspecified atom stereocenters. The first-order valence-electron chi connectivity index (χ1n) is 6.27. The molecular weight excluding hydrogens is 277 g/mol. The minimum atomic E-state index is -0.438. The van der Waals surface area contributed by atoms with Crippen molar-refractivity contribution in [1.29, 1.82) is 0 Å². The van der Waals surface area contributed by atoms with E-state index in [1.807, 2.05) is 13.2 Å². The van der Waals surface area contributed by atoms with Crippen LogP contribution in [0.1, 0.15) is 29.3 Å². The van der Waals surface area contributed by atoms with Crippen molar-refractivity contribution in [2.75, 3.05) is 18.6 Å². The van der Waals surface area contributed by atoms with E-state index in [1.54, 1.807) is 11.8 Å². The van der Waals surface area contributed by atoms with Gasteiger partial charge in [0, 0.05) is 23.8 Å². The summed E-state index contributed by atoms with van der Waals surface area (Å²) in [4.78, 5) is 12.1. The summed E-state index contributed by atoms with van der Waals surface area (Å²) in [6.45, 7) is 1.85. The number of carbonyl (C=O) groups excluding carboxylic acids is 1. The summed E-state index contributed by atoms with van der Waals surface area (Å²) in [5.41, 5.74) is 0.692. The van der Waals surface area contributed by atoms with Gasteiger partial charge < -0.3 is 10.4 Å². The van der Waals surface area contributed by atoms with Gasteiger partial charge in [-0.2, -0.15) is 11.8 Å². The van der Waals surface area contributed by atoms with E-state index in [0.717, 1.165) is 5.75 Å². The Balaban J connectivity index is 2.93. The number of nitrogens with one attached hydrogen (secondary N) is 1. The van der Waals surface area contributed by atoms with Crippen LogP contribution in [0.4, 0.5) is 4.39 Å². The minimum Gasteiger partial charge on any atom is -0.395 e. The molecule has 20 heavy (non-hydrogen) atoms. The highest BCUT2D eigenvalue weighted by Crippen LogP contribution is 2.11. The summed E-state index contributed by atoms with van der Waals surface area (Å²) < 4.78 is 13.3. The molecule has 108 valence electrons. The van der Waals surface area contributed by atoms with E-state index in [9.17, 15) is 9.18 Å². The minimum absolute atomic E-state index is 0.0285. The van der Waals surface area contributed by atoms with Crippen molar-refractivity contribution in [3.8, 4) is 11.8 Å². The van der Waals surface area contributed by atoms with Crippen LogP contribution in [0.3, 0.4) is 0 Å². The second-order valence-electron chi connectivity index (χ2n) is 4.30. The molecule has 0 aromatic heterocycles. The highest BCUT2D eigenvalue weighted by atomic mass is 32.2. The lowest BCUT2D eigenvalue weighted by Gasteiger charge is -2.13. The van der Waals surface area contributed by atoms with Gasteiger partial charge in [0.1, 0.15) is 5.82 Å². The van der Waals surface area contributed by atoms with Gasteiger partial charge in [-0.1, -0.05) is 11.8 Å². The molecule has 0 heterocycles. The third kappa shape index (κ3) is 5.24. The molecule has 0 aliphatic carbocycles. The Morgan fingerprint density at radius 1 is 1.55 bits per heavy atom. The topological polar surface area (TPSA) is 49.3 Å². The van der Waals surface area contributed by atoms with Crippen molar-refractivity contribution in [1.82, 2.24) is 5.32 Å². The molecule has 2 N–H and O–H groups in total. The zero-order valence-corrected chi connectivity index (χ0v) is 12.4. The van der Waals surface area contributed by atoms with Crippen molar-refractivity contribution < 1.29 is 14.3 Å². The number of aliphatic hydroxyl groups is 1. The monoisotopic (exact) mass is 295 g/mol. The number of halogens is 1. The third-order valence-corrected chi connectivity index (χ3v) is 3.31. The van der Waals surface area contributed by atoms with Gasteiger partial charge in [-0.15, -0.1) is 0 Å². The second kappa shape index (κ2) is 8.62. The van der Waals surface area contributed by atoms with E-state index in [0.29, 0.717) is 17.5 Å². The number of benzene rings is 1. The van der Waals surface area contributed by atoms with E-state index >= 15 is 0 Å². The van der Waals surface area contributed by atoms with Crippen LogP contribution < -0.4 is 5.32 Å². The van der Waals surface area contributed by atoms with Crippen LogP contribution in [0.25, 0.3) is 0 Å². The largest absolute Gasteiger partial charge is 0.395 e. The van der Waals surface area contributed by atoms with Crippen LogP contribution in [-0.2, 0) is 0 Å². The predicted molar refractivity (Wildman–Crippen MR) is 80.3 cm³/mol. The Kier molecular flexibility index (Phi) is 7.13. The average Bonchev–Trinajstić information content (AvgIpc) is 2.39. The van der Waals surface area contributed by atoms with Gasteiger partial charge in [0.2, 0.25) is 0 Å². The van der Waals surface area contributed by atoms with Gasteiger partial charge in [0.05, 0.1) is 12.2 Å².